The Balaban J connectivity index is 3.24. The third-order valence-electron chi connectivity index (χ3n) is 2.63. The molecule has 0 unspecified atom stereocenters. The van der Waals surface area contributed by atoms with Gasteiger partial charge < -0.3 is 18.9 Å². The minimum atomic E-state index is -3.64. The zero-order valence-electron chi connectivity index (χ0n) is 10.3. The molecule has 5 nitrogen and oxygen atoms in total. The monoisotopic (exact) mass is 260 g/mol. The molecule has 1 aromatic rings. The van der Waals surface area contributed by atoms with Crippen molar-refractivity contribution in [1.82, 2.24) is 0 Å². The molecule has 1 N–H and O–H groups in total. The van der Waals surface area contributed by atoms with Gasteiger partial charge in [-0.1, -0.05) is 12.1 Å². The van der Waals surface area contributed by atoms with Crippen molar-refractivity contribution >= 4 is 7.60 Å². The quantitative estimate of drug-likeness (QED) is 0.823. The lowest BCUT2D eigenvalue weighted by Gasteiger charge is -2.30. The van der Waals surface area contributed by atoms with Crippen LogP contribution in [0.15, 0.2) is 24.3 Å². The van der Waals surface area contributed by atoms with Gasteiger partial charge in [0.2, 0.25) is 0 Å². The number of ether oxygens (including phenoxy) is 1. The highest BCUT2D eigenvalue weighted by molar-refractivity contribution is 7.54. The molecule has 1 atom stereocenters. The van der Waals surface area contributed by atoms with Crippen LogP contribution in [-0.2, 0) is 19.0 Å². The summed E-state index contributed by atoms with van der Waals surface area (Å²) >= 11 is 0. The molecule has 0 radical (unpaired) electrons. The standard InChI is InChI=1S/C11H17O5P/c1-11(12,17(13,15-3)16-4)9-6-5-7-10(8-9)14-2/h5-8,12H,1-4H3/t11-/m0/s1. The van der Waals surface area contributed by atoms with Crippen molar-refractivity contribution in [3.8, 4) is 5.75 Å². The summed E-state index contributed by atoms with van der Waals surface area (Å²) < 4.78 is 26.9. The van der Waals surface area contributed by atoms with Gasteiger partial charge in [0.15, 0.2) is 5.34 Å². The van der Waals surface area contributed by atoms with E-state index < -0.39 is 12.9 Å². The van der Waals surface area contributed by atoms with Crippen molar-refractivity contribution in [1.29, 1.82) is 0 Å². The molecule has 6 heteroatoms. The van der Waals surface area contributed by atoms with Gasteiger partial charge in [0, 0.05) is 14.2 Å². The number of benzene rings is 1. The Morgan fingerprint density at radius 1 is 1.24 bits per heavy atom. The van der Waals surface area contributed by atoms with Crippen LogP contribution in [0, 0.1) is 0 Å². The molecule has 0 aliphatic carbocycles. The lowest BCUT2D eigenvalue weighted by molar-refractivity contribution is 0.0930. The van der Waals surface area contributed by atoms with Crippen molar-refractivity contribution in [3.05, 3.63) is 29.8 Å². The van der Waals surface area contributed by atoms with Gasteiger partial charge in [0.05, 0.1) is 7.11 Å². The van der Waals surface area contributed by atoms with Gasteiger partial charge in [-0.25, -0.2) is 0 Å². The molecule has 0 aliphatic heterocycles. The molecule has 0 saturated heterocycles. The van der Waals surface area contributed by atoms with E-state index in [-0.39, 0.29) is 0 Å². The van der Waals surface area contributed by atoms with Gasteiger partial charge in [-0.2, -0.15) is 0 Å². The lowest BCUT2D eigenvalue weighted by atomic mass is 10.1. The maximum atomic E-state index is 12.2. The Labute approximate surface area is 101 Å². The molecule has 0 heterocycles. The molecule has 17 heavy (non-hydrogen) atoms. The van der Waals surface area contributed by atoms with E-state index >= 15 is 0 Å². The Bertz CT molecular complexity index is 422. The zero-order valence-corrected chi connectivity index (χ0v) is 11.2. The van der Waals surface area contributed by atoms with Gasteiger partial charge in [0.1, 0.15) is 5.75 Å². The third kappa shape index (κ3) is 2.53. The summed E-state index contributed by atoms with van der Waals surface area (Å²) in [5.74, 6) is 0.557. The highest BCUT2D eigenvalue weighted by Crippen LogP contribution is 2.62. The van der Waals surface area contributed by atoms with Crippen LogP contribution in [-0.4, -0.2) is 26.4 Å². The first kappa shape index (κ1) is 14.2. The van der Waals surface area contributed by atoms with Gasteiger partial charge in [-0.3, -0.25) is 4.57 Å². The van der Waals surface area contributed by atoms with Gasteiger partial charge >= 0.3 is 7.60 Å². The summed E-state index contributed by atoms with van der Waals surface area (Å²) in [7, 11) is 0.348. The van der Waals surface area contributed by atoms with Crippen molar-refractivity contribution < 1.29 is 23.5 Å². The fourth-order valence-electron chi connectivity index (χ4n) is 1.51. The molecule has 1 rings (SSSR count). The zero-order chi connectivity index (χ0) is 13.1. The molecule has 0 saturated carbocycles. The third-order valence-corrected chi connectivity index (χ3v) is 4.92. The molecule has 0 spiro atoms. The van der Waals surface area contributed by atoms with Crippen LogP contribution in [0.3, 0.4) is 0 Å². The largest absolute Gasteiger partial charge is 0.497 e. The second-order valence-corrected chi connectivity index (χ2v) is 6.21. The smallest absolute Gasteiger partial charge is 0.365 e. The van der Waals surface area contributed by atoms with Crippen LogP contribution in [0.25, 0.3) is 0 Å². The molecule has 1 aromatic carbocycles. The van der Waals surface area contributed by atoms with Gasteiger partial charge in [-0.15, -0.1) is 0 Å². The number of rotatable bonds is 5. The summed E-state index contributed by atoms with van der Waals surface area (Å²) in [6.07, 6.45) is 0. The fraction of sp³-hybridized carbons (Fsp3) is 0.455. The Morgan fingerprint density at radius 3 is 2.29 bits per heavy atom. The van der Waals surface area contributed by atoms with Crippen LogP contribution in [0.2, 0.25) is 0 Å². The van der Waals surface area contributed by atoms with E-state index in [9.17, 15) is 9.67 Å². The molecule has 96 valence electrons. The van der Waals surface area contributed by atoms with E-state index in [0.717, 1.165) is 0 Å². The first-order chi connectivity index (χ1) is 7.91. The topological polar surface area (TPSA) is 65.0 Å². The number of methoxy groups -OCH3 is 1. The van der Waals surface area contributed by atoms with Crippen LogP contribution in [0.5, 0.6) is 5.75 Å². The number of hydrogen-bond acceptors (Lipinski definition) is 5. The van der Waals surface area contributed by atoms with E-state index in [1.807, 2.05) is 0 Å². The molecular weight excluding hydrogens is 243 g/mol. The van der Waals surface area contributed by atoms with Crippen molar-refractivity contribution in [2.24, 2.45) is 0 Å². The second kappa shape index (κ2) is 5.19. The minimum Gasteiger partial charge on any atom is -0.497 e. The van der Waals surface area contributed by atoms with E-state index in [1.54, 1.807) is 24.3 Å². The first-order valence-corrected chi connectivity index (χ1v) is 6.54. The Morgan fingerprint density at radius 2 is 1.82 bits per heavy atom. The first-order valence-electron chi connectivity index (χ1n) is 5.00. The summed E-state index contributed by atoms with van der Waals surface area (Å²) in [4.78, 5) is 0. The SMILES string of the molecule is COc1cccc([C@@](C)(O)P(=O)(OC)OC)c1. The number of aliphatic hydroxyl groups is 1. The fourth-order valence-corrected chi connectivity index (χ4v) is 2.82. The average molecular weight is 260 g/mol. The van der Waals surface area contributed by atoms with E-state index in [0.29, 0.717) is 11.3 Å². The normalized spacial score (nSPS) is 15.4. The maximum absolute atomic E-state index is 12.2. The average Bonchev–Trinajstić information content (AvgIpc) is 2.37. The molecule has 0 amide bonds. The van der Waals surface area contributed by atoms with Crippen LogP contribution >= 0.6 is 7.60 Å². The van der Waals surface area contributed by atoms with Crippen LogP contribution < -0.4 is 4.74 Å². The summed E-state index contributed by atoms with van der Waals surface area (Å²) in [5.41, 5.74) is 0.406. The Kier molecular flexibility index (Phi) is 4.33. The number of hydrogen-bond donors (Lipinski definition) is 1. The minimum absolute atomic E-state index is 0.406. The van der Waals surface area contributed by atoms with Crippen molar-refractivity contribution in [3.63, 3.8) is 0 Å². The van der Waals surface area contributed by atoms with E-state index in [2.05, 4.69) is 0 Å². The highest BCUT2D eigenvalue weighted by atomic mass is 31.2. The predicted molar refractivity (Wildman–Crippen MR) is 64.2 cm³/mol. The van der Waals surface area contributed by atoms with Crippen LogP contribution in [0.1, 0.15) is 12.5 Å². The molecular formula is C11H17O5P. The highest BCUT2D eigenvalue weighted by Gasteiger charge is 2.46. The van der Waals surface area contributed by atoms with E-state index in [1.165, 1.54) is 28.3 Å². The maximum Gasteiger partial charge on any atom is 0.365 e. The van der Waals surface area contributed by atoms with Crippen LogP contribution in [0.4, 0.5) is 0 Å². The van der Waals surface area contributed by atoms with E-state index in [4.69, 9.17) is 13.8 Å². The van der Waals surface area contributed by atoms with Gasteiger partial charge in [0.25, 0.3) is 0 Å². The summed E-state index contributed by atoms with van der Waals surface area (Å²) in [6.45, 7) is 1.38. The summed E-state index contributed by atoms with van der Waals surface area (Å²) in [5, 5.41) is 8.62. The molecule has 0 bridgehead atoms. The molecule has 0 fully saturated rings. The van der Waals surface area contributed by atoms with Crippen molar-refractivity contribution in [2.75, 3.05) is 21.3 Å². The summed E-state index contributed by atoms with van der Waals surface area (Å²) in [6, 6.07) is 6.64. The Hall–Kier alpha value is -0.870. The van der Waals surface area contributed by atoms with Crippen molar-refractivity contribution in [2.45, 2.75) is 12.3 Å². The molecule has 0 aromatic heterocycles. The second-order valence-electron chi connectivity index (χ2n) is 3.62. The molecule has 0 aliphatic rings. The predicted octanol–water partition coefficient (Wildman–Crippen LogP) is 2.35. The van der Waals surface area contributed by atoms with Gasteiger partial charge in [-0.05, 0) is 24.6 Å². The lowest BCUT2D eigenvalue weighted by Crippen LogP contribution is -2.23.